The number of rotatable bonds is 8. The molecule has 2 fully saturated rings. The van der Waals surface area contributed by atoms with Crippen LogP contribution in [-0.2, 0) is 38.2 Å². The molecule has 0 aromatic heterocycles. The molecule has 12 heteroatoms. The molecule has 2 saturated heterocycles. The number of carbonyl (C=O) groups excluding carboxylic acids is 6. The maximum Gasteiger partial charge on any atom is 0.329 e. The molecular formula is C36H62N4O8. The van der Waals surface area contributed by atoms with E-state index in [2.05, 4.69) is 12.2 Å². The summed E-state index contributed by atoms with van der Waals surface area (Å²) in [7, 11) is 3.04. The lowest BCUT2D eigenvalue weighted by atomic mass is 9.94. The molecular weight excluding hydrogens is 616 g/mol. The van der Waals surface area contributed by atoms with Crippen LogP contribution in [0.1, 0.15) is 108 Å². The highest BCUT2D eigenvalue weighted by Crippen LogP contribution is 2.27. The molecule has 0 aromatic carbocycles. The third-order valence-electron chi connectivity index (χ3n) is 9.75. The molecule has 12 nitrogen and oxygen atoms in total. The lowest BCUT2D eigenvalue weighted by Gasteiger charge is -2.36. The number of unbranched alkanes of at least 4 members (excludes halogenated alkanes) is 2. The van der Waals surface area contributed by atoms with Gasteiger partial charge in [-0.3, -0.25) is 19.2 Å². The number of amides is 4. The average Bonchev–Trinajstić information content (AvgIpc) is 3.49. The van der Waals surface area contributed by atoms with E-state index in [-0.39, 0.29) is 17.8 Å². The first kappa shape index (κ1) is 41.0. The zero-order valence-electron chi connectivity index (χ0n) is 31.4. The van der Waals surface area contributed by atoms with Crippen LogP contribution < -0.4 is 5.32 Å². The van der Waals surface area contributed by atoms with Gasteiger partial charge in [0.25, 0.3) is 5.91 Å². The molecule has 0 bridgehead atoms. The fraction of sp³-hybridized carbons (Fsp3) is 0.833. The minimum atomic E-state index is -1.20. The summed E-state index contributed by atoms with van der Waals surface area (Å²) in [5.74, 6) is -5.45. The maximum absolute atomic E-state index is 14.0. The third kappa shape index (κ3) is 9.71. The smallest absolute Gasteiger partial charge is 0.329 e. The average molecular weight is 679 g/mol. The van der Waals surface area contributed by atoms with Crippen molar-refractivity contribution in [1.29, 1.82) is 0 Å². The molecule has 274 valence electrons. The van der Waals surface area contributed by atoms with E-state index in [0.717, 1.165) is 19.3 Å². The van der Waals surface area contributed by atoms with Crippen molar-refractivity contribution in [1.82, 2.24) is 20.0 Å². The van der Waals surface area contributed by atoms with Gasteiger partial charge in [0, 0.05) is 20.6 Å². The lowest BCUT2D eigenvalue weighted by Crippen LogP contribution is -2.57. The van der Waals surface area contributed by atoms with Gasteiger partial charge in [0.05, 0.1) is 5.92 Å². The van der Waals surface area contributed by atoms with Gasteiger partial charge in [-0.25, -0.2) is 9.59 Å². The summed E-state index contributed by atoms with van der Waals surface area (Å²) >= 11 is 0. The first-order valence-corrected chi connectivity index (χ1v) is 17.9. The van der Waals surface area contributed by atoms with Crippen LogP contribution in [0, 0.1) is 29.6 Å². The number of ether oxygens (including phenoxy) is 2. The Hall–Kier alpha value is -3.18. The van der Waals surface area contributed by atoms with Crippen molar-refractivity contribution in [3.05, 3.63) is 0 Å². The lowest BCUT2D eigenvalue weighted by molar-refractivity contribution is -0.172. The standard InChI is InChI=1S/C36H62N4O8/c1-13-14-15-18-26-24(10)31(41)37-27(20(2)3)33(43)39(12)29(22(6)7)36(46)48-30(23(8)9)34(44)40-19-16-17-25(40)32(42)38(11)28(21(4)5)35(45)47-26/h20-30H,13-19H2,1-12H3,(H,37,41). The van der Waals surface area contributed by atoms with Gasteiger partial charge in [-0.2, -0.15) is 0 Å². The Balaban J connectivity index is 2.71. The topological polar surface area (TPSA) is 143 Å². The summed E-state index contributed by atoms with van der Waals surface area (Å²) in [6, 6.07) is -3.83. The van der Waals surface area contributed by atoms with Gasteiger partial charge in [0.1, 0.15) is 30.3 Å². The molecule has 7 atom stereocenters. The van der Waals surface area contributed by atoms with Gasteiger partial charge < -0.3 is 29.5 Å². The van der Waals surface area contributed by atoms with Crippen molar-refractivity contribution in [3.63, 3.8) is 0 Å². The SMILES string of the molecule is CCCCCC1OC(=O)C(C(C)C)N(C)C(=O)C2CCCN2C(=O)C(C(C)C)OC(=O)C(C(C)C)N(C)C(=O)C(C(C)C)NC(=O)C1C. The molecule has 0 aliphatic carbocycles. The van der Waals surface area contributed by atoms with Gasteiger partial charge in [-0.15, -0.1) is 0 Å². The van der Waals surface area contributed by atoms with E-state index in [1.807, 2.05) is 13.8 Å². The summed E-state index contributed by atoms with van der Waals surface area (Å²) in [5, 5.41) is 2.88. The van der Waals surface area contributed by atoms with Gasteiger partial charge in [0.2, 0.25) is 17.7 Å². The number of nitrogens with one attached hydrogen (secondary N) is 1. The first-order valence-electron chi connectivity index (χ1n) is 17.9. The Bertz CT molecular complexity index is 1150. The highest BCUT2D eigenvalue weighted by molar-refractivity contribution is 5.95. The number of hydrogen-bond donors (Lipinski definition) is 1. The van der Waals surface area contributed by atoms with Gasteiger partial charge in [-0.05, 0) is 49.4 Å². The summed E-state index contributed by atoms with van der Waals surface area (Å²) < 4.78 is 12.0. The van der Waals surface area contributed by atoms with Gasteiger partial charge in [0.15, 0.2) is 6.10 Å². The fourth-order valence-electron chi connectivity index (χ4n) is 6.79. The first-order chi connectivity index (χ1) is 22.4. The number of hydrogen-bond acceptors (Lipinski definition) is 8. The Morgan fingerprint density at radius 3 is 1.77 bits per heavy atom. The maximum atomic E-state index is 14.0. The summed E-state index contributed by atoms with van der Waals surface area (Å²) in [4.78, 5) is 87.7. The fourth-order valence-corrected chi connectivity index (χ4v) is 6.79. The number of fused-ring (bicyclic) bond motifs is 1. The summed E-state index contributed by atoms with van der Waals surface area (Å²) in [6.07, 6.45) is 1.92. The van der Waals surface area contributed by atoms with Crippen molar-refractivity contribution in [2.24, 2.45) is 29.6 Å². The van der Waals surface area contributed by atoms with Crippen LogP contribution in [0.5, 0.6) is 0 Å². The molecule has 2 aliphatic rings. The molecule has 1 N–H and O–H groups in total. The van der Waals surface area contributed by atoms with Crippen molar-refractivity contribution >= 4 is 35.6 Å². The molecule has 0 radical (unpaired) electrons. The van der Waals surface area contributed by atoms with Crippen LogP contribution >= 0.6 is 0 Å². The Morgan fingerprint density at radius 2 is 1.27 bits per heavy atom. The van der Waals surface area contributed by atoms with Crippen LogP contribution in [0.4, 0.5) is 0 Å². The van der Waals surface area contributed by atoms with Gasteiger partial charge in [-0.1, -0.05) is 82.1 Å². The third-order valence-corrected chi connectivity index (χ3v) is 9.75. The highest BCUT2D eigenvalue weighted by Gasteiger charge is 2.45. The molecule has 0 saturated carbocycles. The molecule has 4 amide bonds. The van der Waals surface area contributed by atoms with Crippen LogP contribution in [0.3, 0.4) is 0 Å². The summed E-state index contributed by atoms with van der Waals surface area (Å²) in [5.41, 5.74) is 0. The van der Waals surface area contributed by atoms with Crippen LogP contribution in [-0.4, -0.2) is 107 Å². The van der Waals surface area contributed by atoms with E-state index < -0.39 is 83.8 Å². The van der Waals surface area contributed by atoms with E-state index in [0.29, 0.717) is 25.8 Å². The Morgan fingerprint density at radius 1 is 0.729 bits per heavy atom. The molecule has 2 heterocycles. The quantitative estimate of drug-likeness (QED) is 0.302. The zero-order valence-corrected chi connectivity index (χ0v) is 31.4. The van der Waals surface area contributed by atoms with Crippen molar-refractivity contribution < 1.29 is 38.2 Å². The van der Waals surface area contributed by atoms with Crippen molar-refractivity contribution in [2.75, 3.05) is 20.6 Å². The second-order valence-electron chi connectivity index (χ2n) is 15.1. The molecule has 48 heavy (non-hydrogen) atoms. The molecule has 7 unspecified atom stereocenters. The monoisotopic (exact) mass is 678 g/mol. The predicted octanol–water partition coefficient (Wildman–Crippen LogP) is 3.79. The number of nitrogens with zero attached hydrogens (tertiary/aromatic N) is 3. The second-order valence-corrected chi connectivity index (χ2v) is 15.1. The van der Waals surface area contributed by atoms with Crippen molar-refractivity contribution in [3.8, 4) is 0 Å². The molecule has 2 aliphatic heterocycles. The minimum absolute atomic E-state index is 0.299. The highest BCUT2D eigenvalue weighted by atomic mass is 16.6. The number of esters is 2. The number of carbonyl (C=O) groups is 6. The van der Waals surface area contributed by atoms with E-state index in [1.54, 1.807) is 55.5 Å². The van der Waals surface area contributed by atoms with E-state index in [4.69, 9.17) is 9.47 Å². The summed E-state index contributed by atoms with van der Waals surface area (Å²) in [6.45, 7) is 18.4. The van der Waals surface area contributed by atoms with E-state index in [1.165, 1.54) is 21.7 Å². The molecule has 0 aromatic rings. The van der Waals surface area contributed by atoms with E-state index in [9.17, 15) is 28.8 Å². The van der Waals surface area contributed by atoms with Crippen LogP contribution in [0.15, 0.2) is 0 Å². The largest absolute Gasteiger partial charge is 0.460 e. The number of cyclic esters (lactones) is 2. The van der Waals surface area contributed by atoms with Crippen LogP contribution in [0.25, 0.3) is 0 Å². The minimum Gasteiger partial charge on any atom is -0.460 e. The zero-order chi connectivity index (χ0) is 36.6. The Labute approximate surface area is 288 Å². The van der Waals surface area contributed by atoms with Crippen LogP contribution in [0.2, 0.25) is 0 Å². The number of likely N-dealkylation sites (N-methyl/N-ethyl adjacent to an activating group) is 2. The molecule has 2 rings (SSSR count). The Kier molecular flexibility index (Phi) is 15.4. The van der Waals surface area contributed by atoms with Gasteiger partial charge >= 0.3 is 11.9 Å². The predicted molar refractivity (Wildman–Crippen MR) is 182 cm³/mol. The van der Waals surface area contributed by atoms with E-state index >= 15 is 0 Å². The normalized spacial score (nSPS) is 29.2. The molecule has 0 spiro atoms. The second kappa shape index (κ2) is 18.0. The van der Waals surface area contributed by atoms with Crippen molar-refractivity contribution in [2.45, 2.75) is 144 Å².